The number of ether oxygens (including phenoxy) is 1. The first-order valence-electron chi connectivity index (χ1n) is 5.90. The van der Waals surface area contributed by atoms with E-state index in [9.17, 15) is 0 Å². The van der Waals surface area contributed by atoms with Crippen molar-refractivity contribution in [3.63, 3.8) is 0 Å². The third-order valence-electron chi connectivity index (χ3n) is 2.95. The van der Waals surface area contributed by atoms with E-state index in [1.54, 1.807) is 6.20 Å². The summed E-state index contributed by atoms with van der Waals surface area (Å²) in [6.45, 7) is 0.704. The zero-order valence-electron chi connectivity index (χ0n) is 9.84. The van der Waals surface area contributed by atoms with E-state index in [1.807, 2.05) is 24.3 Å². The number of para-hydroxylation sites is 1. The van der Waals surface area contributed by atoms with Crippen molar-refractivity contribution in [2.75, 3.05) is 17.7 Å². The van der Waals surface area contributed by atoms with Crippen LogP contribution in [0.5, 0.6) is 5.75 Å². The van der Waals surface area contributed by atoms with Gasteiger partial charge in [-0.1, -0.05) is 18.2 Å². The molecule has 0 fully saturated rings. The molecule has 5 heteroatoms. The number of nitrogens with one attached hydrogen (secondary N) is 1. The fourth-order valence-corrected chi connectivity index (χ4v) is 2.12. The molecule has 5 nitrogen and oxygen atoms in total. The van der Waals surface area contributed by atoms with E-state index < -0.39 is 0 Å². The first kappa shape index (κ1) is 10.8. The summed E-state index contributed by atoms with van der Waals surface area (Å²) in [4.78, 5) is 8.03. The Hall–Kier alpha value is -2.30. The zero-order chi connectivity index (χ0) is 12.4. The highest BCUT2D eigenvalue weighted by Gasteiger charge is 2.20. The average molecular weight is 242 g/mol. The van der Waals surface area contributed by atoms with Crippen molar-refractivity contribution in [3.05, 3.63) is 42.1 Å². The minimum atomic E-state index is 0.198. The van der Waals surface area contributed by atoms with E-state index in [1.165, 1.54) is 0 Å². The Morgan fingerprint density at radius 2 is 2.17 bits per heavy atom. The summed E-state index contributed by atoms with van der Waals surface area (Å²) >= 11 is 0. The normalized spacial score (nSPS) is 17.7. The molecule has 1 atom stereocenters. The van der Waals surface area contributed by atoms with Crippen LogP contribution in [0.4, 0.5) is 11.8 Å². The van der Waals surface area contributed by atoms with Gasteiger partial charge in [0.05, 0.1) is 12.6 Å². The Morgan fingerprint density at radius 3 is 3.06 bits per heavy atom. The summed E-state index contributed by atoms with van der Waals surface area (Å²) in [5.74, 6) is 1.95. The summed E-state index contributed by atoms with van der Waals surface area (Å²) in [5, 5.41) is 3.37. The number of fused-ring (bicyclic) bond motifs is 1. The predicted molar refractivity (Wildman–Crippen MR) is 69.4 cm³/mol. The lowest BCUT2D eigenvalue weighted by atomic mass is 10.0. The summed E-state index contributed by atoms with van der Waals surface area (Å²) in [6.07, 6.45) is 2.55. The summed E-state index contributed by atoms with van der Waals surface area (Å²) in [7, 11) is 0. The van der Waals surface area contributed by atoms with Gasteiger partial charge in [-0.3, -0.25) is 0 Å². The quantitative estimate of drug-likeness (QED) is 0.842. The van der Waals surface area contributed by atoms with E-state index in [0.717, 1.165) is 23.6 Å². The number of hydrogen-bond donors (Lipinski definition) is 2. The van der Waals surface area contributed by atoms with Gasteiger partial charge in [-0.15, -0.1) is 0 Å². The van der Waals surface area contributed by atoms with E-state index in [0.29, 0.717) is 6.61 Å². The number of nitrogens with two attached hydrogens (primary N) is 1. The molecule has 0 saturated carbocycles. The first-order valence-corrected chi connectivity index (χ1v) is 5.90. The van der Waals surface area contributed by atoms with Gasteiger partial charge in [-0.05, 0) is 12.1 Å². The molecule has 1 aliphatic rings. The van der Waals surface area contributed by atoms with Crippen molar-refractivity contribution in [3.8, 4) is 5.75 Å². The molecule has 0 radical (unpaired) electrons. The molecule has 0 amide bonds. The van der Waals surface area contributed by atoms with Crippen molar-refractivity contribution in [1.82, 2.24) is 9.97 Å². The predicted octanol–water partition coefficient (Wildman–Crippen LogP) is 1.99. The van der Waals surface area contributed by atoms with Gasteiger partial charge in [0.2, 0.25) is 5.95 Å². The van der Waals surface area contributed by atoms with Crippen LogP contribution < -0.4 is 15.8 Å². The maximum absolute atomic E-state index is 5.62. The van der Waals surface area contributed by atoms with Crippen LogP contribution in [0.15, 0.2) is 36.5 Å². The summed E-state index contributed by atoms with van der Waals surface area (Å²) < 4.78 is 5.62. The highest BCUT2D eigenvalue weighted by Crippen LogP contribution is 2.33. The van der Waals surface area contributed by atoms with Crippen molar-refractivity contribution in [1.29, 1.82) is 0 Å². The van der Waals surface area contributed by atoms with Gasteiger partial charge in [0.15, 0.2) is 0 Å². The molecular formula is C13H14N4O. The molecule has 3 rings (SSSR count). The molecule has 1 aromatic heterocycles. The van der Waals surface area contributed by atoms with Gasteiger partial charge < -0.3 is 15.8 Å². The second-order valence-corrected chi connectivity index (χ2v) is 4.17. The van der Waals surface area contributed by atoms with Gasteiger partial charge in [0.1, 0.15) is 11.6 Å². The Labute approximate surface area is 105 Å². The first-order chi connectivity index (χ1) is 8.83. The fourth-order valence-electron chi connectivity index (χ4n) is 2.12. The highest BCUT2D eigenvalue weighted by molar-refractivity contribution is 5.45. The second kappa shape index (κ2) is 4.52. The Kier molecular flexibility index (Phi) is 2.72. The topological polar surface area (TPSA) is 73.1 Å². The number of hydrogen-bond acceptors (Lipinski definition) is 5. The Morgan fingerprint density at radius 1 is 1.28 bits per heavy atom. The van der Waals surface area contributed by atoms with Crippen LogP contribution in [0.2, 0.25) is 0 Å². The van der Waals surface area contributed by atoms with Gasteiger partial charge in [-0.25, -0.2) is 4.98 Å². The zero-order valence-corrected chi connectivity index (χ0v) is 9.84. The third kappa shape index (κ3) is 2.07. The van der Waals surface area contributed by atoms with Crippen LogP contribution in [-0.4, -0.2) is 16.6 Å². The number of rotatable bonds is 2. The van der Waals surface area contributed by atoms with Crippen molar-refractivity contribution >= 4 is 11.8 Å². The van der Waals surface area contributed by atoms with Crippen molar-refractivity contribution < 1.29 is 4.74 Å². The SMILES string of the molecule is Nc1nccc(NC2CCOc3ccccc32)n1. The molecule has 1 unspecified atom stereocenters. The van der Waals surface area contributed by atoms with E-state index in [-0.39, 0.29) is 12.0 Å². The molecule has 18 heavy (non-hydrogen) atoms. The molecule has 2 heterocycles. The lowest BCUT2D eigenvalue weighted by molar-refractivity contribution is 0.274. The molecule has 1 aliphatic heterocycles. The number of anilines is 2. The molecule has 0 aliphatic carbocycles. The van der Waals surface area contributed by atoms with Crippen LogP contribution in [0, 0.1) is 0 Å². The number of aromatic nitrogens is 2. The van der Waals surface area contributed by atoms with Crippen molar-refractivity contribution in [2.24, 2.45) is 0 Å². The van der Waals surface area contributed by atoms with E-state index in [4.69, 9.17) is 10.5 Å². The number of benzene rings is 1. The van der Waals surface area contributed by atoms with E-state index >= 15 is 0 Å². The molecule has 3 N–H and O–H groups in total. The molecule has 0 bridgehead atoms. The van der Waals surface area contributed by atoms with Gasteiger partial charge >= 0.3 is 0 Å². The third-order valence-corrected chi connectivity index (χ3v) is 2.95. The minimum absolute atomic E-state index is 0.198. The number of nitrogen functional groups attached to an aromatic ring is 1. The summed E-state index contributed by atoms with van der Waals surface area (Å²) in [5.41, 5.74) is 6.73. The fraction of sp³-hybridized carbons (Fsp3) is 0.231. The largest absolute Gasteiger partial charge is 0.493 e. The standard InChI is InChI=1S/C13H14N4O/c14-13-15-7-5-12(17-13)16-10-6-8-18-11-4-2-1-3-9(10)11/h1-5,7,10H,6,8H2,(H3,14,15,16,17). The van der Waals surface area contributed by atoms with Crippen molar-refractivity contribution in [2.45, 2.75) is 12.5 Å². The van der Waals surface area contributed by atoms with Crippen LogP contribution in [0.1, 0.15) is 18.0 Å². The molecule has 2 aromatic rings. The Balaban J connectivity index is 1.86. The van der Waals surface area contributed by atoms with Crippen LogP contribution in [0.25, 0.3) is 0 Å². The lowest BCUT2D eigenvalue weighted by Gasteiger charge is -2.26. The minimum Gasteiger partial charge on any atom is -0.493 e. The molecular weight excluding hydrogens is 228 g/mol. The average Bonchev–Trinajstić information content (AvgIpc) is 2.39. The monoisotopic (exact) mass is 242 g/mol. The van der Waals surface area contributed by atoms with Gasteiger partial charge in [0.25, 0.3) is 0 Å². The highest BCUT2D eigenvalue weighted by atomic mass is 16.5. The maximum Gasteiger partial charge on any atom is 0.221 e. The molecule has 92 valence electrons. The summed E-state index contributed by atoms with van der Waals surface area (Å²) in [6, 6.07) is 10.0. The second-order valence-electron chi connectivity index (χ2n) is 4.17. The van der Waals surface area contributed by atoms with Gasteiger partial charge in [-0.2, -0.15) is 4.98 Å². The Bertz CT molecular complexity index is 558. The molecule has 0 saturated heterocycles. The lowest BCUT2D eigenvalue weighted by Crippen LogP contribution is -2.20. The van der Waals surface area contributed by atoms with E-state index in [2.05, 4.69) is 21.4 Å². The van der Waals surface area contributed by atoms with Gasteiger partial charge in [0, 0.05) is 18.2 Å². The van der Waals surface area contributed by atoms with Crippen LogP contribution >= 0.6 is 0 Å². The maximum atomic E-state index is 5.62. The van der Waals surface area contributed by atoms with Crippen LogP contribution in [0.3, 0.4) is 0 Å². The molecule has 0 spiro atoms. The smallest absolute Gasteiger partial charge is 0.221 e. The van der Waals surface area contributed by atoms with Crippen LogP contribution in [-0.2, 0) is 0 Å². The number of nitrogens with zero attached hydrogens (tertiary/aromatic N) is 2. The molecule has 1 aromatic carbocycles.